The van der Waals surface area contributed by atoms with Crippen molar-refractivity contribution in [2.75, 3.05) is 19.8 Å². The Morgan fingerprint density at radius 1 is 1.53 bits per heavy atom. The van der Waals surface area contributed by atoms with E-state index in [-0.39, 0.29) is 0 Å². The quantitative estimate of drug-likeness (QED) is 0.812. The van der Waals surface area contributed by atoms with Crippen molar-refractivity contribution in [1.82, 2.24) is 20.1 Å². The van der Waals surface area contributed by atoms with Crippen LogP contribution in [-0.2, 0) is 17.7 Å². The standard InChI is InChI=1S/C14H26N4O/c1-4-15-13(12-5-6-19-9-12)7-14-16-10-17-18(14)8-11(2)3/h10-13,15H,4-9H2,1-3H3. The van der Waals surface area contributed by atoms with Crippen LogP contribution in [0.2, 0.25) is 0 Å². The maximum atomic E-state index is 5.52. The van der Waals surface area contributed by atoms with Crippen LogP contribution in [0.4, 0.5) is 0 Å². The van der Waals surface area contributed by atoms with Gasteiger partial charge >= 0.3 is 0 Å². The molecule has 1 N–H and O–H groups in total. The Hall–Kier alpha value is -0.940. The molecule has 0 saturated carbocycles. The van der Waals surface area contributed by atoms with Crippen molar-refractivity contribution in [2.45, 2.75) is 46.2 Å². The van der Waals surface area contributed by atoms with Gasteiger partial charge in [-0.15, -0.1) is 0 Å². The minimum Gasteiger partial charge on any atom is -0.381 e. The smallest absolute Gasteiger partial charge is 0.138 e. The van der Waals surface area contributed by atoms with E-state index in [2.05, 4.69) is 36.2 Å². The van der Waals surface area contributed by atoms with E-state index in [1.807, 2.05) is 4.68 Å². The first-order valence-electron chi connectivity index (χ1n) is 7.38. The predicted molar refractivity (Wildman–Crippen MR) is 75.0 cm³/mol. The molecule has 1 aromatic rings. The Balaban J connectivity index is 2.01. The zero-order valence-corrected chi connectivity index (χ0v) is 12.3. The van der Waals surface area contributed by atoms with Crippen LogP contribution < -0.4 is 5.32 Å². The largest absolute Gasteiger partial charge is 0.381 e. The highest BCUT2D eigenvalue weighted by molar-refractivity contribution is 4.93. The molecule has 0 amide bonds. The second kappa shape index (κ2) is 7.01. The van der Waals surface area contributed by atoms with Gasteiger partial charge in [-0.05, 0) is 18.9 Å². The number of ether oxygens (including phenoxy) is 1. The second-order valence-corrected chi connectivity index (χ2v) is 5.74. The summed E-state index contributed by atoms with van der Waals surface area (Å²) >= 11 is 0. The molecule has 2 unspecified atom stereocenters. The Labute approximate surface area is 115 Å². The first kappa shape index (κ1) is 14.5. The molecular weight excluding hydrogens is 240 g/mol. The molecule has 0 bridgehead atoms. The lowest BCUT2D eigenvalue weighted by Crippen LogP contribution is -2.39. The fraction of sp³-hybridized carbons (Fsp3) is 0.857. The number of likely N-dealkylation sites (N-methyl/N-ethyl adjacent to an activating group) is 1. The normalized spacial score (nSPS) is 21.2. The molecule has 2 rings (SSSR count). The van der Waals surface area contributed by atoms with Gasteiger partial charge < -0.3 is 10.1 Å². The minimum absolute atomic E-state index is 0.447. The fourth-order valence-electron chi connectivity index (χ4n) is 2.68. The Morgan fingerprint density at radius 2 is 2.37 bits per heavy atom. The highest BCUT2D eigenvalue weighted by Gasteiger charge is 2.26. The molecule has 1 saturated heterocycles. The maximum Gasteiger partial charge on any atom is 0.138 e. The van der Waals surface area contributed by atoms with E-state index in [0.717, 1.165) is 45.0 Å². The third-order valence-corrected chi connectivity index (χ3v) is 3.64. The van der Waals surface area contributed by atoms with Crippen molar-refractivity contribution in [3.63, 3.8) is 0 Å². The Bertz CT molecular complexity index is 371. The number of nitrogens with zero attached hydrogens (tertiary/aromatic N) is 3. The molecular formula is C14H26N4O. The summed E-state index contributed by atoms with van der Waals surface area (Å²) in [6.07, 6.45) is 3.76. The van der Waals surface area contributed by atoms with Gasteiger partial charge in [0.25, 0.3) is 0 Å². The van der Waals surface area contributed by atoms with Gasteiger partial charge in [0.15, 0.2) is 0 Å². The summed E-state index contributed by atoms with van der Waals surface area (Å²) in [4.78, 5) is 4.43. The molecule has 0 aromatic carbocycles. The molecule has 2 atom stereocenters. The molecule has 1 aliphatic rings. The molecule has 1 fully saturated rings. The van der Waals surface area contributed by atoms with Gasteiger partial charge in [-0.1, -0.05) is 20.8 Å². The van der Waals surface area contributed by atoms with Crippen LogP contribution in [0.3, 0.4) is 0 Å². The van der Waals surface area contributed by atoms with Gasteiger partial charge in [0, 0.05) is 31.5 Å². The lowest BCUT2D eigenvalue weighted by molar-refractivity contribution is 0.176. The molecule has 1 aromatic heterocycles. The summed E-state index contributed by atoms with van der Waals surface area (Å²) in [6, 6.07) is 0.447. The van der Waals surface area contributed by atoms with Gasteiger partial charge in [0.1, 0.15) is 12.2 Å². The average molecular weight is 266 g/mol. The van der Waals surface area contributed by atoms with Crippen molar-refractivity contribution < 1.29 is 4.74 Å². The number of nitrogens with one attached hydrogen (secondary N) is 1. The van der Waals surface area contributed by atoms with Crippen molar-refractivity contribution in [1.29, 1.82) is 0 Å². The van der Waals surface area contributed by atoms with Crippen LogP contribution in [0, 0.1) is 11.8 Å². The van der Waals surface area contributed by atoms with Crippen molar-refractivity contribution in [2.24, 2.45) is 11.8 Å². The third-order valence-electron chi connectivity index (χ3n) is 3.64. The maximum absolute atomic E-state index is 5.52. The highest BCUT2D eigenvalue weighted by atomic mass is 16.5. The van der Waals surface area contributed by atoms with Gasteiger partial charge in [-0.2, -0.15) is 5.10 Å². The lowest BCUT2D eigenvalue weighted by Gasteiger charge is -2.23. The first-order valence-corrected chi connectivity index (χ1v) is 7.38. The summed E-state index contributed by atoms with van der Waals surface area (Å²) in [5, 5.41) is 7.92. The number of hydrogen-bond donors (Lipinski definition) is 1. The van der Waals surface area contributed by atoms with E-state index in [0.29, 0.717) is 17.9 Å². The molecule has 19 heavy (non-hydrogen) atoms. The fourth-order valence-corrected chi connectivity index (χ4v) is 2.68. The number of rotatable bonds is 7. The lowest BCUT2D eigenvalue weighted by atomic mass is 9.96. The summed E-state index contributed by atoms with van der Waals surface area (Å²) in [7, 11) is 0. The molecule has 0 radical (unpaired) electrons. The van der Waals surface area contributed by atoms with Crippen LogP contribution in [0.5, 0.6) is 0 Å². The van der Waals surface area contributed by atoms with Gasteiger partial charge in [-0.3, -0.25) is 0 Å². The number of aromatic nitrogens is 3. The third kappa shape index (κ3) is 4.01. The van der Waals surface area contributed by atoms with Crippen LogP contribution in [0.25, 0.3) is 0 Å². The van der Waals surface area contributed by atoms with E-state index >= 15 is 0 Å². The molecule has 5 heteroatoms. The van der Waals surface area contributed by atoms with Crippen LogP contribution in [0.1, 0.15) is 33.0 Å². The second-order valence-electron chi connectivity index (χ2n) is 5.74. The first-order chi connectivity index (χ1) is 9.20. The zero-order valence-electron chi connectivity index (χ0n) is 12.3. The Kier molecular flexibility index (Phi) is 5.34. The van der Waals surface area contributed by atoms with Gasteiger partial charge in [0.05, 0.1) is 6.61 Å². The Morgan fingerprint density at radius 3 is 3.00 bits per heavy atom. The minimum atomic E-state index is 0.447. The molecule has 0 spiro atoms. The van der Waals surface area contributed by atoms with Crippen molar-refractivity contribution in [3.8, 4) is 0 Å². The van der Waals surface area contributed by atoms with Gasteiger partial charge in [0.2, 0.25) is 0 Å². The molecule has 5 nitrogen and oxygen atoms in total. The van der Waals surface area contributed by atoms with E-state index in [9.17, 15) is 0 Å². The van der Waals surface area contributed by atoms with Crippen LogP contribution in [0.15, 0.2) is 6.33 Å². The van der Waals surface area contributed by atoms with E-state index in [1.165, 1.54) is 0 Å². The number of hydrogen-bond acceptors (Lipinski definition) is 4. The molecule has 2 heterocycles. The van der Waals surface area contributed by atoms with E-state index in [4.69, 9.17) is 4.74 Å². The topological polar surface area (TPSA) is 52.0 Å². The van der Waals surface area contributed by atoms with E-state index < -0.39 is 0 Å². The van der Waals surface area contributed by atoms with Crippen molar-refractivity contribution in [3.05, 3.63) is 12.2 Å². The van der Waals surface area contributed by atoms with Crippen LogP contribution in [-0.4, -0.2) is 40.6 Å². The summed E-state index contributed by atoms with van der Waals surface area (Å²) < 4.78 is 7.56. The molecule has 0 aliphatic carbocycles. The monoisotopic (exact) mass is 266 g/mol. The zero-order chi connectivity index (χ0) is 13.7. The molecule has 1 aliphatic heterocycles. The average Bonchev–Trinajstić information content (AvgIpc) is 3.00. The van der Waals surface area contributed by atoms with E-state index in [1.54, 1.807) is 6.33 Å². The van der Waals surface area contributed by atoms with Gasteiger partial charge in [-0.25, -0.2) is 9.67 Å². The highest BCUT2D eigenvalue weighted by Crippen LogP contribution is 2.19. The predicted octanol–water partition coefficient (Wildman–Crippen LogP) is 1.49. The SMILES string of the molecule is CCNC(Cc1ncnn1CC(C)C)C1CCOC1. The summed E-state index contributed by atoms with van der Waals surface area (Å²) in [5.74, 6) is 2.28. The van der Waals surface area contributed by atoms with Crippen molar-refractivity contribution >= 4 is 0 Å². The summed E-state index contributed by atoms with van der Waals surface area (Å²) in [5.41, 5.74) is 0. The van der Waals surface area contributed by atoms with Crippen LogP contribution >= 0.6 is 0 Å². The summed E-state index contributed by atoms with van der Waals surface area (Å²) in [6.45, 7) is 10.3. The molecule has 108 valence electrons.